The zero-order valence-electron chi connectivity index (χ0n) is 16.7. The van der Waals surface area contributed by atoms with E-state index in [2.05, 4.69) is 33.4 Å². The van der Waals surface area contributed by atoms with Crippen LogP contribution >= 0.6 is 0 Å². The molecule has 144 valence electrons. The number of ether oxygens (including phenoxy) is 2. The van der Waals surface area contributed by atoms with Gasteiger partial charge in [-0.1, -0.05) is 24.6 Å². The largest absolute Gasteiger partial charge is 0.465 e. The van der Waals surface area contributed by atoms with Gasteiger partial charge in [0.25, 0.3) is 0 Å². The van der Waals surface area contributed by atoms with E-state index in [1.807, 2.05) is 20.8 Å². The first-order valence-corrected chi connectivity index (χ1v) is 9.30. The summed E-state index contributed by atoms with van der Waals surface area (Å²) in [5.41, 5.74) is 0.797. The monoisotopic (exact) mass is 352 g/mol. The second-order valence-corrected chi connectivity index (χ2v) is 8.55. The van der Waals surface area contributed by atoms with Gasteiger partial charge in [0.2, 0.25) is 0 Å². The van der Waals surface area contributed by atoms with Crippen LogP contribution < -0.4 is 0 Å². The van der Waals surface area contributed by atoms with Crippen LogP contribution in [0.3, 0.4) is 0 Å². The maximum atomic E-state index is 12.2. The molecule has 0 bridgehead atoms. The number of esters is 1. The molecule has 5 atom stereocenters. The molecule has 25 heavy (non-hydrogen) atoms. The van der Waals surface area contributed by atoms with Crippen LogP contribution in [0, 0.1) is 29.1 Å². The third-order valence-corrected chi connectivity index (χ3v) is 5.03. The van der Waals surface area contributed by atoms with Gasteiger partial charge < -0.3 is 14.6 Å². The third kappa shape index (κ3) is 6.59. The standard InChI is InChI=1S/C21H36O4/c1-8-16-18(13-24-19(16)22)17(12-25-20(23)21(5,6)7)15(4)11-9-10-14(2)3/h8,10,15-19,22H,1,9,11-13H2,2-7H3/t15-,16+,17+,18-,19?/m1/s1. The topological polar surface area (TPSA) is 55.8 Å². The lowest BCUT2D eigenvalue weighted by Gasteiger charge is -2.32. The molecule has 4 nitrogen and oxygen atoms in total. The lowest BCUT2D eigenvalue weighted by Crippen LogP contribution is -2.34. The lowest BCUT2D eigenvalue weighted by molar-refractivity contribution is -0.155. The van der Waals surface area contributed by atoms with Gasteiger partial charge in [-0.2, -0.15) is 0 Å². The molecule has 0 aromatic rings. The fraction of sp³-hybridized carbons (Fsp3) is 0.762. The second-order valence-electron chi connectivity index (χ2n) is 8.55. The fourth-order valence-corrected chi connectivity index (χ4v) is 3.29. The Morgan fingerprint density at radius 1 is 1.40 bits per heavy atom. The molecule has 1 unspecified atom stereocenters. The highest BCUT2D eigenvalue weighted by atomic mass is 16.6. The SMILES string of the molecule is C=C[C@@H]1C(O)OC[C@H]1[C@@H](COC(=O)C(C)(C)C)[C@H](C)CCC=C(C)C. The van der Waals surface area contributed by atoms with Crippen molar-refractivity contribution in [3.05, 3.63) is 24.3 Å². The van der Waals surface area contributed by atoms with E-state index in [1.54, 1.807) is 6.08 Å². The summed E-state index contributed by atoms with van der Waals surface area (Å²) in [6, 6.07) is 0. The highest BCUT2D eigenvalue weighted by Gasteiger charge is 2.41. The number of hydrogen-bond donors (Lipinski definition) is 1. The zero-order valence-corrected chi connectivity index (χ0v) is 16.7. The molecule has 0 aromatic heterocycles. The van der Waals surface area contributed by atoms with E-state index in [9.17, 15) is 9.90 Å². The molecule has 1 heterocycles. The van der Waals surface area contributed by atoms with Gasteiger partial charge in [0.15, 0.2) is 6.29 Å². The van der Waals surface area contributed by atoms with Crippen molar-refractivity contribution in [2.24, 2.45) is 29.1 Å². The number of carbonyl (C=O) groups excluding carboxylic acids is 1. The second kappa shape index (κ2) is 9.54. The summed E-state index contributed by atoms with van der Waals surface area (Å²) in [5, 5.41) is 10.0. The third-order valence-electron chi connectivity index (χ3n) is 5.03. The van der Waals surface area contributed by atoms with Crippen LogP contribution in [0.1, 0.15) is 54.4 Å². The molecule has 0 saturated carbocycles. The average Bonchev–Trinajstić information content (AvgIpc) is 2.86. The molecule has 0 amide bonds. The Balaban J connectivity index is 2.84. The number of aliphatic hydroxyl groups is 1. The molecule has 0 radical (unpaired) electrons. The van der Waals surface area contributed by atoms with Gasteiger partial charge in [-0.15, -0.1) is 6.58 Å². The van der Waals surface area contributed by atoms with Gasteiger partial charge >= 0.3 is 5.97 Å². The molecule has 1 fully saturated rings. The number of carbonyl (C=O) groups is 1. The maximum Gasteiger partial charge on any atom is 0.311 e. The zero-order chi connectivity index (χ0) is 19.2. The molecular weight excluding hydrogens is 316 g/mol. The lowest BCUT2D eigenvalue weighted by atomic mass is 9.75. The highest BCUT2D eigenvalue weighted by molar-refractivity contribution is 5.75. The van der Waals surface area contributed by atoms with Crippen molar-refractivity contribution >= 4 is 5.97 Å². The minimum absolute atomic E-state index is 0.113. The van der Waals surface area contributed by atoms with Crippen molar-refractivity contribution in [1.82, 2.24) is 0 Å². The van der Waals surface area contributed by atoms with Gasteiger partial charge in [-0.25, -0.2) is 0 Å². The van der Waals surface area contributed by atoms with E-state index in [0.29, 0.717) is 19.1 Å². The first kappa shape index (κ1) is 21.9. The summed E-state index contributed by atoms with van der Waals surface area (Å²) in [6.45, 7) is 16.6. The van der Waals surface area contributed by atoms with Crippen molar-refractivity contribution in [2.45, 2.75) is 60.7 Å². The van der Waals surface area contributed by atoms with Gasteiger partial charge in [0, 0.05) is 11.8 Å². The van der Waals surface area contributed by atoms with Gasteiger partial charge in [-0.05, 0) is 59.3 Å². The summed E-state index contributed by atoms with van der Waals surface area (Å²) in [4.78, 5) is 12.2. The van der Waals surface area contributed by atoms with Crippen LogP contribution in [-0.2, 0) is 14.3 Å². The number of aliphatic hydroxyl groups excluding tert-OH is 1. The van der Waals surface area contributed by atoms with Crippen LogP contribution in [0.25, 0.3) is 0 Å². The Kier molecular flexibility index (Phi) is 8.36. The Labute approximate surface area is 153 Å². The fourth-order valence-electron chi connectivity index (χ4n) is 3.29. The van der Waals surface area contributed by atoms with Crippen LogP contribution in [0.4, 0.5) is 0 Å². The van der Waals surface area contributed by atoms with Crippen LogP contribution in [-0.4, -0.2) is 30.6 Å². The molecule has 1 rings (SSSR count). The molecule has 0 aromatic carbocycles. The van der Waals surface area contributed by atoms with E-state index in [1.165, 1.54) is 5.57 Å². The van der Waals surface area contributed by atoms with Crippen molar-refractivity contribution in [3.8, 4) is 0 Å². The quantitative estimate of drug-likeness (QED) is 0.521. The van der Waals surface area contributed by atoms with Crippen molar-refractivity contribution in [1.29, 1.82) is 0 Å². The van der Waals surface area contributed by atoms with Crippen LogP contribution in [0.5, 0.6) is 0 Å². The van der Waals surface area contributed by atoms with Crippen molar-refractivity contribution in [2.75, 3.05) is 13.2 Å². The first-order valence-electron chi connectivity index (χ1n) is 9.30. The van der Waals surface area contributed by atoms with Crippen LogP contribution in [0.2, 0.25) is 0 Å². The van der Waals surface area contributed by atoms with E-state index in [-0.39, 0.29) is 23.7 Å². The predicted octanol–water partition coefficient (Wildman–Crippen LogP) is 4.34. The predicted molar refractivity (Wildman–Crippen MR) is 101 cm³/mol. The minimum Gasteiger partial charge on any atom is -0.465 e. The molecule has 1 N–H and O–H groups in total. The van der Waals surface area contributed by atoms with Crippen molar-refractivity contribution < 1.29 is 19.4 Å². The average molecular weight is 353 g/mol. The van der Waals surface area contributed by atoms with E-state index in [0.717, 1.165) is 12.8 Å². The molecule has 1 saturated heterocycles. The summed E-state index contributed by atoms with van der Waals surface area (Å²) in [6.07, 6.45) is 5.21. The van der Waals surface area contributed by atoms with Crippen LogP contribution in [0.15, 0.2) is 24.3 Å². The van der Waals surface area contributed by atoms with Gasteiger partial charge in [0.1, 0.15) is 0 Å². The number of allylic oxidation sites excluding steroid dienone is 2. The first-order chi connectivity index (χ1) is 11.6. The number of hydrogen-bond acceptors (Lipinski definition) is 4. The normalized spacial score (nSPS) is 26.0. The summed E-state index contributed by atoms with van der Waals surface area (Å²) in [5.74, 6) is 0.288. The van der Waals surface area contributed by atoms with Gasteiger partial charge in [-0.3, -0.25) is 4.79 Å². The Morgan fingerprint density at radius 2 is 2.04 bits per heavy atom. The summed E-state index contributed by atoms with van der Waals surface area (Å²) < 4.78 is 11.1. The summed E-state index contributed by atoms with van der Waals surface area (Å²) in [7, 11) is 0. The van der Waals surface area contributed by atoms with E-state index in [4.69, 9.17) is 9.47 Å². The smallest absolute Gasteiger partial charge is 0.311 e. The molecule has 1 aliphatic heterocycles. The molecule has 0 aliphatic carbocycles. The number of rotatable bonds is 8. The maximum absolute atomic E-state index is 12.2. The van der Waals surface area contributed by atoms with Crippen molar-refractivity contribution in [3.63, 3.8) is 0 Å². The Morgan fingerprint density at radius 3 is 2.56 bits per heavy atom. The Hall–Kier alpha value is -1.13. The molecule has 0 spiro atoms. The minimum atomic E-state index is -0.812. The van der Waals surface area contributed by atoms with E-state index >= 15 is 0 Å². The molecule has 1 aliphatic rings. The van der Waals surface area contributed by atoms with E-state index < -0.39 is 11.7 Å². The Bertz CT molecular complexity index is 471. The highest BCUT2D eigenvalue weighted by Crippen LogP contribution is 2.38. The van der Waals surface area contributed by atoms with Gasteiger partial charge in [0.05, 0.1) is 18.6 Å². The molecule has 4 heteroatoms. The molecular formula is C21H36O4. The summed E-state index contributed by atoms with van der Waals surface area (Å²) >= 11 is 0.